The number of fused-ring (bicyclic) bond motifs is 17. The van der Waals surface area contributed by atoms with Gasteiger partial charge in [0.15, 0.2) is 0 Å². The summed E-state index contributed by atoms with van der Waals surface area (Å²) in [5, 5.41) is 5.40. The molecule has 2 aliphatic rings. The van der Waals surface area contributed by atoms with Crippen molar-refractivity contribution in [2.45, 2.75) is 5.41 Å². The molecule has 0 atom stereocenters. The van der Waals surface area contributed by atoms with Crippen LogP contribution < -0.4 is 4.90 Å². The molecule has 0 unspecified atom stereocenters. The van der Waals surface area contributed by atoms with Gasteiger partial charge in [-0.25, -0.2) is 0 Å². The Balaban J connectivity index is 1.02. The summed E-state index contributed by atoms with van der Waals surface area (Å²) in [4.78, 5) is 2.44. The molecule has 13 rings (SSSR count). The van der Waals surface area contributed by atoms with Gasteiger partial charge in [0.25, 0.3) is 0 Å². The predicted octanol–water partition coefficient (Wildman–Crippen LogP) is 15.9. The molecule has 1 nitrogen and oxygen atoms in total. The molecule has 0 saturated carbocycles. The van der Waals surface area contributed by atoms with E-state index in [-0.39, 0.29) is 0 Å². The third kappa shape index (κ3) is 4.30. The molecule has 2 aliphatic carbocycles. The second-order valence-corrected chi connectivity index (χ2v) is 17.6. The first-order valence-corrected chi connectivity index (χ1v) is 21.6. The molecule has 1 spiro atoms. The average Bonchev–Trinajstić information content (AvgIpc) is 4.02. The van der Waals surface area contributed by atoms with E-state index in [1.165, 1.54) is 96.0 Å². The van der Waals surface area contributed by atoms with Crippen molar-refractivity contribution >= 4 is 80.1 Å². The van der Waals surface area contributed by atoms with Crippen molar-refractivity contribution in [3.8, 4) is 33.4 Å². The summed E-state index contributed by atoms with van der Waals surface area (Å²) < 4.78 is 5.41. The Bertz CT molecular complexity index is 3420. The van der Waals surface area contributed by atoms with Crippen molar-refractivity contribution in [1.82, 2.24) is 0 Å². The Labute approximate surface area is 344 Å². The first-order chi connectivity index (χ1) is 28.8. The molecule has 0 aliphatic heterocycles. The van der Waals surface area contributed by atoms with Crippen molar-refractivity contribution in [1.29, 1.82) is 0 Å². The molecule has 9 aromatic carbocycles. The van der Waals surface area contributed by atoms with Crippen LogP contribution in [0.2, 0.25) is 0 Å². The zero-order valence-corrected chi connectivity index (χ0v) is 32.9. The van der Waals surface area contributed by atoms with E-state index < -0.39 is 5.41 Å². The fraction of sp³-hybridized carbons (Fsp3) is 0.0182. The lowest BCUT2D eigenvalue weighted by Crippen LogP contribution is -2.26. The minimum Gasteiger partial charge on any atom is -0.310 e. The molecule has 0 fully saturated rings. The first kappa shape index (κ1) is 32.3. The van der Waals surface area contributed by atoms with Gasteiger partial charge in [0.1, 0.15) is 0 Å². The smallest absolute Gasteiger partial charge is 0.0726 e. The zero-order valence-electron chi connectivity index (χ0n) is 31.3. The normalized spacial score (nSPS) is 13.3. The zero-order chi connectivity index (χ0) is 38.0. The molecule has 2 aromatic heterocycles. The van der Waals surface area contributed by atoms with Gasteiger partial charge in [-0.2, -0.15) is 0 Å². The van der Waals surface area contributed by atoms with Crippen LogP contribution in [0.4, 0.5) is 17.1 Å². The number of anilines is 3. The molecule has 0 saturated heterocycles. The monoisotopic (exact) mass is 771 g/mol. The summed E-state index contributed by atoms with van der Waals surface area (Å²) in [6.45, 7) is 0. The predicted molar refractivity (Wildman–Crippen MR) is 249 cm³/mol. The summed E-state index contributed by atoms with van der Waals surface area (Å²) in [6, 6.07) is 74.7. The number of hydrogen-bond donors (Lipinski definition) is 0. The van der Waals surface area contributed by atoms with Crippen LogP contribution in [0.1, 0.15) is 22.3 Å². The number of nitrogens with zero attached hydrogens (tertiary/aromatic N) is 1. The van der Waals surface area contributed by atoms with Crippen LogP contribution in [-0.2, 0) is 5.41 Å². The number of para-hydroxylation sites is 1. The highest BCUT2D eigenvalue weighted by molar-refractivity contribution is 7.30. The standard InChI is InChI=1S/C55H33NS2/c1-2-15-35(16-3-1)56(37-28-29-42-41-20-6-10-26-48(41)55(49(42)33-37)46-24-8-4-18-39(46)40-19-5-9-25-47(40)55)36-17-12-14-34(32-36)38-22-13-23-43-44-30-31-51-52(54(44)58-53(38)43)45-21-7-11-27-50(45)57-51/h1-33H. The maximum absolute atomic E-state index is 2.48. The molecule has 0 amide bonds. The SMILES string of the molecule is c1ccc(N(c2cccc(-c3cccc4c3sc3c4ccc4sc5ccccc5c43)c2)c2ccc3c(c2)C2(c4ccccc4-c4ccccc42)c2ccccc2-3)cc1. The molecule has 0 radical (unpaired) electrons. The first-order valence-electron chi connectivity index (χ1n) is 19.9. The summed E-state index contributed by atoms with van der Waals surface area (Å²) in [6.07, 6.45) is 0. The summed E-state index contributed by atoms with van der Waals surface area (Å²) in [7, 11) is 0. The Morgan fingerprint density at radius 2 is 0.897 bits per heavy atom. The third-order valence-corrected chi connectivity index (χ3v) is 15.1. The quantitative estimate of drug-likeness (QED) is 0.172. The molecule has 270 valence electrons. The van der Waals surface area contributed by atoms with E-state index in [0.717, 1.165) is 17.1 Å². The number of hydrogen-bond acceptors (Lipinski definition) is 3. The maximum Gasteiger partial charge on any atom is 0.0726 e. The molecule has 0 N–H and O–H groups in total. The second kappa shape index (κ2) is 12.1. The van der Waals surface area contributed by atoms with Crippen LogP contribution in [0, 0.1) is 0 Å². The maximum atomic E-state index is 2.48. The highest BCUT2D eigenvalue weighted by atomic mass is 32.1. The van der Waals surface area contributed by atoms with Gasteiger partial charge in [0.2, 0.25) is 0 Å². The van der Waals surface area contributed by atoms with E-state index in [1.54, 1.807) is 0 Å². The molecule has 0 bridgehead atoms. The van der Waals surface area contributed by atoms with Crippen LogP contribution in [-0.4, -0.2) is 0 Å². The Kier molecular flexibility index (Phi) is 6.75. The summed E-state index contributed by atoms with van der Waals surface area (Å²) >= 11 is 3.83. The molecular weight excluding hydrogens is 739 g/mol. The van der Waals surface area contributed by atoms with Gasteiger partial charge in [0, 0.05) is 57.4 Å². The van der Waals surface area contributed by atoms with Crippen molar-refractivity contribution in [2.24, 2.45) is 0 Å². The second-order valence-electron chi connectivity index (χ2n) is 15.5. The fourth-order valence-corrected chi connectivity index (χ4v) is 12.9. The van der Waals surface area contributed by atoms with E-state index in [9.17, 15) is 0 Å². The van der Waals surface area contributed by atoms with Crippen molar-refractivity contribution in [3.05, 3.63) is 222 Å². The molecule has 2 heterocycles. The van der Waals surface area contributed by atoms with Gasteiger partial charge in [-0.15, -0.1) is 22.7 Å². The largest absolute Gasteiger partial charge is 0.310 e. The lowest BCUT2D eigenvalue weighted by Gasteiger charge is -2.32. The van der Waals surface area contributed by atoms with E-state index in [4.69, 9.17) is 0 Å². The lowest BCUT2D eigenvalue weighted by atomic mass is 9.70. The molecule has 58 heavy (non-hydrogen) atoms. The minimum atomic E-state index is -0.407. The van der Waals surface area contributed by atoms with Gasteiger partial charge < -0.3 is 4.90 Å². The van der Waals surface area contributed by atoms with Crippen LogP contribution in [0.25, 0.3) is 73.7 Å². The average molecular weight is 772 g/mol. The van der Waals surface area contributed by atoms with E-state index >= 15 is 0 Å². The lowest BCUT2D eigenvalue weighted by molar-refractivity contribution is 0.793. The summed E-state index contributed by atoms with van der Waals surface area (Å²) in [5.74, 6) is 0. The van der Waals surface area contributed by atoms with Crippen LogP contribution >= 0.6 is 22.7 Å². The van der Waals surface area contributed by atoms with Gasteiger partial charge in [-0.05, 0) is 104 Å². The third-order valence-electron chi connectivity index (χ3n) is 12.7. The van der Waals surface area contributed by atoms with E-state index in [2.05, 4.69) is 205 Å². The van der Waals surface area contributed by atoms with Crippen LogP contribution in [0.3, 0.4) is 0 Å². The minimum absolute atomic E-state index is 0.407. The van der Waals surface area contributed by atoms with Gasteiger partial charge >= 0.3 is 0 Å². The van der Waals surface area contributed by atoms with Gasteiger partial charge in [-0.1, -0.05) is 152 Å². The fourth-order valence-electron chi connectivity index (χ4n) is 10.4. The Hall–Kier alpha value is -6.78. The highest BCUT2D eigenvalue weighted by Gasteiger charge is 2.51. The number of benzene rings is 9. The van der Waals surface area contributed by atoms with Crippen LogP contribution in [0.15, 0.2) is 200 Å². The Morgan fingerprint density at radius 1 is 0.328 bits per heavy atom. The van der Waals surface area contributed by atoms with Gasteiger partial charge in [0.05, 0.1) is 5.41 Å². The number of thiophene rings is 2. The van der Waals surface area contributed by atoms with Crippen LogP contribution in [0.5, 0.6) is 0 Å². The number of rotatable bonds is 4. The van der Waals surface area contributed by atoms with E-state index in [1.807, 2.05) is 22.7 Å². The van der Waals surface area contributed by atoms with Crippen molar-refractivity contribution in [2.75, 3.05) is 4.90 Å². The topological polar surface area (TPSA) is 3.24 Å². The van der Waals surface area contributed by atoms with Crippen molar-refractivity contribution < 1.29 is 0 Å². The van der Waals surface area contributed by atoms with Crippen molar-refractivity contribution in [3.63, 3.8) is 0 Å². The highest BCUT2D eigenvalue weighted by Crippen LogP contribution is 2.63. The van der Waals surface area contributed by atoms with Gasteiger partial charge in [-0.3, -0.25) is 0 Å². The molecular formula is C55H33NS2. The van der Waals surface area contributed by atoms with E-state index in [0.29, 0.717) is 0 Å². The molecule has 11 aromatic rings. The Morgan fingerprint density at radius 3 is 1.66 bits per heavy atom. The summed E-state index contributed by atoms with van der Waals surface area (Å²) in [5.41, 5.74) is 16.1. The molecule has 3 heteroatoms.